The van der Waals surface area contributed by atoms with E-state index in [2.05, 4.69) is 62.5 Å². The zero-order chi connectivity index (χ0) is 38.4. The molecule has 1 atom stereocenters. The van der Waals surface area contributed by atoms with Gasteiger partial charge in [0.25, 0.3) is 0 Å². The number of hydrogen-bond acceptors (Lipinski definition) is 4. The molecule has 1 N–H and O–H groups in total. The van der Waals surface area contributed by atoms with E-state index in [-0.39, 0.29) is 19.2 Å². The van der Waals surface area contributed by atoms with Gasteiger partial charge in [-0.1, -0.05) is 223 Å². The molecule has 0 rings (SSSR count). The summed E-state index contributed by atoms with van der Waals surface area (Å²) in [6.07, 6.45) is 60.5. The summed E-state index contributed by atoms with van der Waals surface area (Å²) in [5, 5.41) is 9.62. The van der Waals surface area contributed by atoms with E-state index < -0.39 is 6.10 Å². The van der Waals surface area contributed by atoms with Crippen molar-refractivity contribution in [3.8, 4) is 0 Å². The zero-order valence-electron chi connectivity index (χ0n) is 35.5. The maximum atomic E-state index is 12.2. The first-order valence-corrected chi connectivity index (χ1v) is 23.2. The normalized spacial score (nSPS) is 12.7. The molecule has 0 aromatic carbocycles. The molecule has 4 nitrogen and oxygen atoms in total. The van der Waals surface area contributed by atoms with Crippen LogP contribution in [0.3, 0.4) is 0 Å². The van der Waals surface area contributed by atoms with Gasteiger partial charge in [0.2, 0.25) is 0 Å². The van der Waals surface area contributed by atoms with Crippen LogP contribution in [0.1, 0.15) is 232 Å². The van der Waals surface area contributed by atoms with Crippen LogP contribution in [-0.2, 0) is 14.3 Å². The Morgan fingerprint density at radius 2 is 0.849 bits per heavy atom. The van der Waals surface area contributed by atoms with Gasteiger partial charge in [0, 0.05) is 13.0 Å². The molecular weight excluding hydrogens is 653 g/mol. The van der Waals surface area contributed by atoms with Crippen molar-refractivity contribution in [1.29, 1.82) is 0 Å². The SMILES string of the molecule is CC/C=C\C/C=C\C/C=C\C/C=C\CCCCCCCOCC(CO)OC(=O)CCCCCCCCCCCCCCCCCCCCCCCCC. The fourth-order valence-corrected chi connectivity index (χ4v) is 6.73. The lowest BCUT2D eigenvalue weighted by Crippen LogP contribution is -2.27. The Morgan fingerprint density at radius 1 is 0.472 bits per heavy atom. The number of carbonyl (C=O) groups is 1. The second-order valence-corrected chi connectivity index (χ2v) is 15.5. The van der Waals surface area contributed by atoms with E-state index in [0.717, 1.165) is 57.8 Å². The number of allylic oxidation sites excluding steroid dienone is 8. The van der Waals surface area contributed by atoms with Gasteiger partial charge in [0.15, 0.2) is 0 Å². The lowest BCUT2D eigenvalue weighted by atomic mass is 10.0. The van der Waals surface area contributed by atoms with Crippen LogP contribution in [-0.4, -0.2) is 37.0 Å². The fraction of sp³-hybridized carbons (Fsp3) is 0.816. The Kier molecular flexibility index (Phi) is 45.1. The minimum atomic E-state index is -0.543. The first-order chi connectivity index (χ1) is 26.2. The highest BCUT2D eigenvalue weighted by atomic mass is 16.6. The number of hydrogen-bond donors (Lipinski definition) is 1. The lowest BCUT2D eigenvalue weighted by molar-refractivity contribution is -0.154. The van der Waals surface area contributed by atoms with E-state index in [1.54, 1.807) is 0 Å². The minimum Gasteiger partial charge on any atom is -0.457 e. The third-order valence-corrected chi connectivity index (χ3v) is 10.2. The van der Waals surface area contributed by atoms with Crippen LogP contribution in [0.25, 0.3) is 0 Å². The van der Waals surface area contributed by atoms with E-state index in [0.29, 0.717) is 13.0 Å². The number of rotatable bonds is 43. The molecule has 1 unspecified atom stereocenters. The molecule has 0 heterocycles. The molecule has 0 aliphatic carbocycles. The van der Waals surface area contributed by atoms with E-state index in [1.165, 1.54) is 154 Å². The molecule has 0 saturated heterocycles. The largest absolute Gasteiger partial charge is 0.457 e. The number of ether oxygens (including phenoxy) is 2. The molecule has 0 amide bonds. The van der Waals surface area contributed by atoms with Gasteiger partial charge in [-0.3, -0.25) is 4.79 Å². The Bertz CT molecular complexity index is 828. The number of unbranched alkanes of at least 4 members (excludes halogenated alkanes) is 27. The van der Waals surface area contributed by atoms with Crippen LogP contribution in [0.2, 0.25) is 0 Å². The molecule has 0 radical (unpaired) electrons. The molecule has 4 heteroatoms. The predicted molar refractivity (Wildman–Crippen MR) is 233 cm³/mol. The molecule has 0 bridgehead atoms. The zero-order valence-corrected chi connectivity index (χ0v) is 35.5. The maximum Gasteiger partial charge on any atom is 0.306 e. The minimum absolute atomic E-state index is 0.178. The van der Waals surface area contributed by atoms with Crippen molar-refractivity contribution in [2.24, 2.45) is 0 Å². The summed E-state index contributed by atoms with van der Waals surface area (Å²) in [6, 6.07) is 0. The number of aliphatic hydroxyl groups excluding tert-OH is 1. The van der Waals surface area contributed by atoms with Gasteiger partial charge in [-0.15, -0.1) is 0 Å². The molecule has 0 aromatic heterocycles. The first kappa shape index (κ1) is 51.4. The average molecular weight is 743 g/mol. The predicted octanol–water partition coefficient (Wildman–Crippen LogP) is 15.4. The standard InChI is InChI=1S/C49H90O4/c1-3-5-7-9-11-13-15-17-19-21-23-24-25-26-27-28-30-32-34-36-38-40-42-44-49(51)53-48(46-50)47-52-45-43-41-39-37-35-33-31-29-22-20-18-16-14-12-10-8-6-4-2/h6,8,12,14,18,20,29,31,48,50H,3-5,7,9-11,13,15-17,19,21-28,30,32-47H2,1-2H3/b8-6-,14-12-,20-18-,31-29-. The van der Waals surface area contributed by atoms with Gasteiger partial charge in [-0.2, -0.15) is 0 Å². The highest BCUT2D eigenvalue weighted by Gasteiger charge is 2.13. The summed E-state index contributed by atoms with van der Waals surface area (Å²) < 4.78 is 11.2. The summed E-state index contributed by atoms with van der Waals surface area (Å²) in [4.78, 5) is 12.2. The van der Waals surface area contributed by atoms with Crippen molar-refractivity contribution in [3.05, 3.63) is 48.6 Å². The van der Waals surface area contributed by atoms with Crippen molar-refractivity contribution in [2.75, 3.05) is 19.8 Å². The molecule has 0 spiro atoms. The van der Waals surface area contributed by atoms with Crippen LogP contribution in [0, 0.1) is 0 Å². The van der Waals surface area contributed by atoms with E-state index in [9.17, 15) is 9.90 Å². The molecule has 0 aromatic rings. The van der Waals surface area contributed by atoms with Gasteiger partial charge in [-0.05, 0) is 51.4 Å². The van der Waals surface area contributed by atoms with Gasteiger partial charge in [0.1, 0.15) is 6.10 Å². The van der Waals surface area contributed by atoms with Crippen LogP contribution in [0.4, 0.5) is 0 Å². The second-order valence-electron chi connectivity index (χ2n) is 15.5. The number of aliphatic hydroxyl groups is 1. The van der Waals surface area contributed by atoms with Crippen LogP contribution >= 0.6 is 0 Å². The summed E-state index contributed by atoms with van der Waals surface area (Å²) in [7, 11) is 0. The Labute approximate surface area is 331 Å². The topological polar surface area (TPSA) is 55.8 Å². The first-order valence-electron chi connectivity index (χ1n) is 23.2. The Balaban J connectivity index is 3.41. The smallest absolute Gasteiger partial charge is 0.306 e. The molecule has 0 aliphatic heterocycles. The van der Waals surface area contributed by atoms with Crippen molar-refractivity contribution >= 4 is 5.97 Å². The summed E-state index contributed by atoms with van der Waals surface area (Å²) in [5.74, 6) is -0.204. The third kappa shape index (κ3) is 44.6. The Morgan fingerprint density at radius 3 is 1.28 bits per heavy atom. The van der Waals surface area contributed by atoms with Gasteiger partial charge >= 0.3 is 5.97 Å². The molecule has 0 fully saturated rings. The van der Waals surface area contributed by atoms with Crippen LogP contribution in [0.15, 0.2) is 48.6 Å². The lowest BCUT2D eigenvalue weighted by Gasteiger charge is -2.15. The van der Waals surface area contributed by atoms with Gasteiger partial charge in [0.05, 0.1) is 13.2 Å². The quantitative estimate of drug-likeness (QED) is 0.0384. The average Bonchev–Trinajstić information content (AvgIpc) is 3.16. The molecule has 310 valence electrons. The molecule has 0 aliphatic rings. The Hall–Kier alpha value is -1.65. The van der Waals surface area contributed by atoms with Gasteiger partial charge < -0.3 is 14.6 Å². The highest BCUT2D eigenvalue weighted by molar-refractivity contribution is 5.69. The number of carbonyl (C=O) groups excluding carboxylic acids is 1. The third-order valence-electron chi connectivity index (χ3n) is 10.2. The molecular formula is C49H90O4. The monoisotopic (exact) mass is 743 g/mol. The van der Waals surface area contributed by atoms with E-state index in [4.69, 9.17) is 9.47 Å². The van der Waals surface area contributed by atoms with Gasteiger partial charge in [-0.25, -0.2) is 0 Å². The summed E-state index contributed by atoms with van der Waals surface area (Å²) >= 11 is 0. The van der Waals surface area contributed by atoms with Crippen molar-refractivity contribution in [2.45, 2.75) is 238 Å². The van der Waals surface area contributed by atoms with Crippen LogP contribution < -0.4 is 0 Å². The molecule has 0 saturated carbocycles. The van der Waals surface area contributed by atoms with Crippen molar-refractivity contribution in [1.82, 2.24) is 0 Å². The second kappa shape index (κ2) is 46.5. The fourth-order valence-electron chi connectivity index (χ4n) is 6.73. The summed E-state index contributed by atoms with van der Waals surface area (Å²) in [5.41, 5.74) is 0. The molecule has 53 heavy (non-hydrogen) atoms. The maximum absolute atomic E-state index is 12.2. The van der Waals surface area contributed by atoms with Crippen LogP contribution in [0.5, 0.6) is 0 Å². The van der Waals surface area contributed by atoms with E-state index in [1.807, 2.05) is 0 Å². The van der Waals surface area contributed by atoms with E-state index >= 15 is 0 Å². The van der Waals surface area contributed by atoms with Crippen molar-refractivity contribution in [3.63, 3.8) is 0 Å². The summed E-state index contributed by atoms with van der Waals surface area (Å²) in [6.45, 7) is 5.22. The van der Waals surface area contributed by atoms with Crippen molar-refractivity contribution < 1.29 is 19.4 Å². The highest BCUT2D eigenvalue weighted by Crippen LogP contribution is 2.16. The number of esters is 1.